The third-order valence-electron chi connectivity index (χ3n) is 0. The molecule has 0 heterocycles. The lowest BCUT2D eigenvalue weighted by molar-refractivity contribution is 0.823. The predicted octanol–water partition coefficient (Wildman–Crippen LogP) is 7.58. The maximum absolute atomic E-state index is 2.00. The fourth-order valence-corrected chi connectivity index (χ4v) is 0. The van der Waals surface area contributed by atoms with Crippen molar-refractivity contribution in [3.05, 3.63) is 0 Å². The summed E-state index contributed by atoms with van der Waals surface area (Å²) in [6, 6.07) is 0. The summed E-state index contributed by atoms with van der Waals surface area (Å²) in [6.07, 6.45) is 0. The Morgan fingerprint density at radius 2 is 0.250 bits per heavy atom. The van der Waals surface area contributed by atoms with Crippen molar-refractivity contribution in [2.45, 2.75) is 122 Å². The zero-order chi connectivity index (χ0) is 8.00. The van der Waals surface area contributed by atoms with Gasteiger partial charge in [-0.1, -0.05) is 122 Å². The molecule has 0 spiro atoms. The van der Waals surface area contributed by atoms with Crippen LogP contribution in [0.25, 0.3) is 0 Å². The fourth-order valence-electron chi connectivity index (χ4n) is 0. The van der Waals surface area contributed by atoms with E-state index in [0.29, 0.717) is 0 Å². The monoisotopic (exact) mass is 321 g/mol. The Morgan fingerprint density at radius 3 is 0.250 bits per heavy atom. The van der Waals surface area contributed by atoms with Crippen LogP contribution in [0.5, 0.6) is 0 Å². The lowest BCUT2D eigenvalue weighted by Gasteiger charge is -1.07. The van der Waals surface area contributed by atoms with Crippen LogP contribution in [-0.2, 0) is 0 Å². The highest BCUT2D eigenvalue weighted by molar-refractivity contribution is 3.51. The maximum Gasteiger partial charge on any atom is 1.00 e. The van der Waals surface area contributed by atoms with Crippen LogP contribution in [0.3, 0.4) is 0 Å². The number of rotatable bonds is 0. The van der Waals surface area contributed by atoms with Gasteiger partial charge in [-0.25, -0.2) is 0 Å². The molecule has 152 valence electrons. The van der Waals surface area contributed by atoms with Crippen LogP contribution in [0.4, 0.5) is 0 Å². The molecule has 0 aromatic rings. The number of hydrogen-bond acceptors (Lipinski definition) is 0. The van der Waals surface area contributed by atoms with Gasteiger partial charge < -0.3 is 16.4 Å². The van der Waals surface area contributed by atoms with Crippen LogP contribution in [0.1, 0.15) is 125 Å². The van der Waals surface area contributed by atoms with E-state index in [1.165, 1.54) is 0 Å². The first-order valence-electron chi connectivity index (χ1n) is 4.00. The minimum atomic E-state index is 0. The van der Waals surface area contributed by atoms with Crippen LogP contribution in [0.2, 0.25) is 0 Å². The summed E-state index contributed by atoms with van der Waals surface area (Å²) in [6.45, 7) is 16.0. The molecule has 0 fully saturated rings. The molecule has 0 amide bonds. The van der Waals surface area contributed by atoms with Crippen molar-refractivity contribution in [3.8, 4) is 0 Å². The van der Waals surface area contributed by atoms with Crippen molar-refractivity contribution < 1.29 is 19.3 Å². The molecule has 0 atom stereocenters. The Kier molecular flexibility index (Phi) is 9870000. The van der Waals surface area contributed by atoms with Gasteiger partial charge in [0.05, 0.1) is 0 Å². The molecule has 20 heavy (non-hydrogen) atoms. The Labute approximate surface area is 142 Å². The zero-order valence-electron chi connectivity index (χ0n) is 11.5. The summed E-state index contributed by atoms with van der Waals surface area (Å²) < 4.78 is 0. The Balaban J connectivity index is -0.000000000500. The van der Waals surface area contributed by atoms with E-state index < -0.39 is 0 Å². The molecule has 0 bridgehead atoms. The highest BCUT2D eigenvalue weighted by Crippen LogP contribution is 1.15. The molecule has 0 saturated carbocycles. The molecule has 0 unspecified atom stereocenters. The highest BCUT2D eigenvalue weighted by atomic mass is 16.0. The molecule has 6 N–H and O–H groups in total. The SMILES string of the molecule is C.C.C.C.C.C.C.C.C.CC.CC.CC.CC.O.O.O.[H+].[H+]. The minimum absolute atomic E-state index is 0. The average Bonchev–Trinajstić information content (AvgIpc) is 2.03. The molecule has 0 aromatic heterocycles. The Hall–Kier alpha value is -0.120. The van der Waals surface area contributed by atoms with Gasteiger partial charge in [-0.3, -0.25) is 0 Å². The summed E-state index contributed by atoms with van der Waals surface area (Å²) in [5, 5.41) is 0. The third-order valence-corrected chi connectivity index (χ3v) is 0. The Morgan fingerprint density at radius 1 is 0.250 bits per heavy atom. The molecular weight excluding hydrogens is 252 g/mol. The van der Waals surface area contributed by atoms with Gasteiger partial charge in [0.1, 0.15) is 0 Å². The van der Waals surface area contributed by atoms with Crippen molar-refractivity contribution in [1.29, 1.82) is 0 Å². The van der Waals surface area contributed by atoms with Gasteiger partial charge in [-0.15, -0.1) is 0 Å². The van der Waals surface area contributed by atoms with E-state index in [0.717, 1.165) is 0 Å². The predicted molar refractivity (Wildman–Crippen MR) is 119 cm³/mol. The second-order valence-corrected chi connectivity index (χ2v) is 0. The number of hydrogen-bond donors (Lipinski definition) is 0. The van der Waals surface area contributed by atoms with E-state index in [-0.39, 0.29) is 86.1 Å². The molecule has 0 aromatic carbocycles. The van der Waals surface area contributed by atoms with E-state index in [2.05, 4.69) is 0 Å². The van der Waals surface area contributed by atoms with E-state index in [4.69, 9.17) is 0 Å². The standard InChI is InChI=1S/4C2H6.9CH4.3H2O/c4*1-2;;;;;;;;;;;;/h4*1-2H3;9*1H4;3*1H2/p+2. The molecular formula is C17H68O3+2. The molecule has 0 saturated heterocycles. The lowest BCUT2D eigenvalue weighted by Crippen LogP contribution is -0.856. The van der Waals surface area contributed by atoms with Gasteiger partial charge in [0, 0.05) is 0 Å². The van der Waals surface area contributed by atoms with Gasteiger partial charge in [-0.05, 0) is 0 Å². The molecule has 0 radical (unpaired) electrons. The summed E-state index contributed by atoms with van der Waals surface area (Å²) in [5.74, 6) is 0. The summed E-state index contributed by atoms with van der Waals surface area (Å²) >= 11 is 0. The van der Waals surface area contributed by atoms with Crippen LogP contribution in [0, 0.1) is 0 Å². The topological polar surface area (TPSA) is 94.5 Å². The second-order valence-electron chi connectivity index (χ2n) is 0. The quantitative estimate of drug-likeness (QED) is 0.439. The van der Waals surface area contributed by atoms with Gasteiger partial charge in [-0.2, -0.15) is 0 Å². The first kappa shape index (κ1) is 471. The van der Waals surface area contributed by atoms with E-state index in [9.17, 15) is 0 Å². The first-order chi connectivity index (χ1) is 4.00. The second kappa shape index (κ2) is 419000. The zero-order valence-corrected chi connectivity index (χ0v) is 9.50. The van der Waals surface area contributed by atoms with Crippen molar-refractivity contribution in [2.75, 3.05) is 0 Å². The normalized spacial score (nSPS) is 1.20. The largest absolute Gasteiger partial charge is 1.00 e. The van der Waals surface area contributed by atoms with E-state index in [1.807, 2.05) is 55.4 Å². The molecule has 0 aliphatic heterocycles. The minimum Gasteiger partial charge on any atom is -0.412 e. The molecule has 0 rings (SSSR count). The highest BCUT2D eigenvalue weighted by Gasteiger charge is 0.938. The molecule has 3 nitrogen and oxygen atoms in total. The van der Waals surface area contributed by atoms with Crippen LogP contribution >= 0.6 is 0 Å². The van der Waals surface area contributed by atoms with Crippen LogP contribution in [0.15, 0.2) is 0 Å². The average molecular weight is 321 g/mol. The Bertz CT molecular complexity index is 21.9. The molecule has 3 heteroatoms. The van der Waals surface area contributed by atoms with Crippen LogP contribution in [-0.4, -0.2) is 16.4 Å². The van der Waals surface area contributed by atoms with Crippen molar-refractivity contribution in [1.82, 2.24) is 0 Å². The fraction of sp³-hybridized carbons (Fsp3) is 1.00. The lowest BCUT2D eigenvalue weighted by atomic mass is 11.0. The first-order valence-corrected chi connectivity index (χ1v) is 4.00. The van der Waals surface area contributed by atoms with Gasteiger partial charge in [0.2, 0.25) is 0 Å². The van der Waals surface area contributed by atoms with Crippen LogP contribution < -0.4 is 0 Å². The van der Waals surface area contributed by atoms with Gasteiger partial charge in [0.15, 0.2) is 0 Å². The van der Waals surface area contributed by atoms with Crippen molar-refractivity contribution in [2.24, 2.45) is 0 Å². The summed E-state index contributed by atoms with van der Waals surface area (Å²) in [5.41, 5.74) is 0. The third kappa shape index (κ3) is 354000. The van der Waals surface area contributed by atoms with Crippen molar-refractivity contribution >= 4 is 0 Å². The molecule has 0 aliphatic rings. The van der Waals surface area contributed by atoms with Gasteiger partial charge in [0.25, 0.3) is 0 Å². The van der Waals surface area contributed by atoms with Crippen molar-refractivity contribution in [3.63, 3.8) is 0 Å². The molecule has 0 aliphatic carbocycles. The maximum atomic E-state index is 2.00. The van der Waals surface area contributed by atoms with Gasteiger partial charge >= 0.3 is 2.85 Å². The summed E-state index contributed by atoms with van der Waals surface area (Å²) in [7, 11) is 0. The van der Waals surface area contributed by atoms with E-state index in [1.54, 1.807) is 0 Å². The summed E-state index contributed by atoms with van der Waals surface area (Å²) in [4.78, 5) is 0. The smallest absolute Gasteiger partial charge is 0.412 e. The van der Waals surface area contributed by atoms with E-state index >= 15 is 0 Å².